The van der Waals surface area contributed by atoms with Gasteiger partial charge in [-0.05, 0) is 18.2 Å². The van der Waals surface area contributed by atoms with E-state index in [1.807, 2.05) is 0 Å². The van der Waals surface area contributed by atoms with Crippen LogP contribution in [-0.2, 0) is 12.7 Å². The number of alkyl halides is 3. The Labute approximate surface area is 121 Å². The van der Waals surface area contributed by atoms with Crippen LogP contribution in [0.15, 0.2) is 28.8 Å². The molecular formula is C12H9ClF3N3O2. The summed E-state index contributed by atoms with van der Waals surface area (Å²) in [5.74, 6) is -2.02. The summed E-state index contributed by atoms with van der Waals surface area (Å²) < 4.78 is 43.1. The first-order valence-electron chi connectivity index (χ1n) is 5.59. The van der Waals surface area contributed by atoms with E-state index in [1.165, 1.54) is 16.8 Å². The number of halogens is 4. The zero-order chi connectivity index (χ0) is 15.8. The van der Waals surface area contributed by atoms with E-state index in [0.29, 0.717) is 0 Å². The number of furan rings is 1. The van der Waals surface area contributed by atoms with Gasteiger partial charge in [-0.3, -0.25) is 10.2 Å². The lowest BCUT2D eigenvalue weighted by molar-refractivity contribution is -0.153. The Balaban J connectivity index is 2.38. The van der Waals surface area contributed by atoms with Crippen LogP contribution in [0.4, 0.5) is 13.2 Å². The van der Waals surface area contributed by atoms with Crippen molar-refractivity contribution in [3.63, 3.8) is 0 Å². The molecule has 9 heteroatoms. The Bertz CT molecular complexity index is 749. The van der Waals surface area contributed by atoms with E-state index in [1.54, 1.807) is 0 Å². The molecule has 0 aliphatic carbocycles. The van der Waals surface area contributed by atoms with Crippen molar-refractivity contribution in [3.8, 4) is 0 Å². The predicted octanol–water partition coefficient (Wildman–Crippen LogP) is 2.38. The fourth-order valence-electron chi connectivity index (χ4n) is 1.71. The van der Waals surface area contributed by atoms with Crippen molar-refractivity contribution < 1.29 is 22.4 Å². The third kappa shape index (κ3) is 3.27. The normalized spacial score (nSPS) is 11.6. The second kappa shape index (κ2) is 5.28. The minimum atomic E-state index is -4.58. The zero-order valence-corrected chi connectivity index (χ0v) is 11.1. The van der Waals surface area contributed by atoms with Crippen molar-refractivity contribution in [2.75, 3.05) is 0 Å². The molecule has 0 aliphatic heterocycles. The number of carbonyl (C=O) groups is 1. The number of carbonyl (C=O) groups excluding carboxylic acids is 1. The average molecular weight is 320 g/mol. The van der Waals surface area contributed by atoms with Gasteiger partial charge in [-0.25, -0.2) is 0 Å². The molecule has 0 radical (unpaired) electrons. The summed E-state index contributed by atoms with van der Waals surface area (Å²) in [5.41, 5.74) is 4.70. The van der Waals surface area contributed by atoms with Gasteiger partial charge < -0.3 is 14.7 Å². The van der Waals surface area contributed by atoms with Gasteiger partial charge in [0.25, 0.3) is 5.91 Å². The van der Waals surface area contributed by atoms with Crippen molar-refractivity contribution in [1.29, 1.82) is 5.41 Å². The summed E-state index contributed by atoms with van der Waals surface area (Å²) in [4.78, 5) is 11.2. The number of pyridine rings is 1. The van der Waals surface area contributed by atoms with E-state index in [-0.39, 0.29) is 28.4 Å². The third-order valence-corrected chi connectivity index (χ3v) is 2.84. The van der Waals surface area contributed by atoms with Gasteiger partial charge in [0.05, 0.1) is 17.1 Å². The number of rotatable bonds is 3. The molecule has 2 aromatic heterocycles. The molecule has 2 aromatic rings. The van der Waals surface area contributed by atoms with Crippen LogP contribution in [0.5, 0.6) is 0 Å². The molecule has 0 saturated heterocycles. The molecule has 0 aliphatic rings. The maximum absolute atomic E-state index is 12.4. The van der Waals surface area contributed by atoms with Gasteiger partial charge in [-0.2, -0.15) is 13.2 Å². The average Bonchev–Trinajstić information content (AvgIpc) is 2.81. The fraction of sp³-hybridized carbons (Fsp3) is 0.167. The number of nitrogens with zero attached hydrogens (tertiary/aromatic N) is 1. The van der Waals surface area contributed by atoms with Crippen LogP contribution in [0, 0.1) is 5.41 Å². The van der Waals surface area contributed by atoms with Gasteiger partial charge in [-0.15, -0.1) is 0 Å². The van der Waals surface area contributed by atoms with E-state index in [2.05, 4.69) is 4.42 Å². The van der Waals surface area contributed by atoms with E-state index in [0.717, 1.165) is 12.1 Å². The van der Waals surface area contributed by atoms with E-state index in [4.69, 9.17) is 22.7 Å². The zero-order valence-electron chi connectivity index (χ0n) is 10.4. The lowest BCUT2D eigenvalue weighted by Crippen LogP contribution is -2.29. The second-order valence-electron chi connectivity index (χ2n) is 4.18. The molecule has 1 amide bonds. The Morgan fingerprint density at radius 2 is 2.10 bits per heavy atom. The maximum Gasteiger partial charge on any atom is 0.449 e. The van der Waals surface area contributed by atoms with E-state index in [9.17, 15) is 18.0 Å². The fourth-order valence-corrected chi connectivity index (χ4v) is 1.93. The van der Waals surface area contributed by atoms with Crippen molar-refractivity contribution in [1.82, 2.24) is 4.57 Å². The highest BCUT2D eigenvalue weighted by Crippen LogP contribution is 2.30. The molecule has 0 fully saturated rings. The molecule has 0 spiro atoms. The molecule has 21 heavy (non-hydrogen) atoms. The first-order chi connectivity index (χ1) is 9.68. The molecule has 0 unspecified atom stereocenters. The van der Waals surface area contributed by atoms with Gasteiger partial charge in [0, 0.05) is 6.20 Å². The first kappa shape index (κ1) is 15.2. The minimum absolute atomic E-state index is 0.0292. The molecule has 3 N–H and O–H groups in total. The van der Waals surface area contributed by atoms with Gasteiger partial charge >= 0.3 is 6.18 Å². The Morgan fingerprint density at radius 1 is 1.43 bits per heavy atom. The molecule has 2 rings (SSSR count). The number of hydrogen-bond acceptors (Lipinski definition) is 3. The number of amides is 1. The number of aromatic nitrogens is 1. The largest absolute Gasteiger partial charge is 0.455 e. The Hall–Kier alpha value is -2.22. The van der Waals surface area contributed by atoms with Crippen molar-refractivity contribution in [2.24, 2.45) is 5.73 Å². The van der Waals surface area contributed by atoms with Crippen LogP contribution in [0.1, 0.15) is 21.9 Å². The Kier molecular flexibility index (Phi) is 3.82. The van der Waals surface area contributed by atoms with Gasteiger partial charge in [0.15, 0.2) is 0 Å². The molecule has 2 heterocycles. The topological polar surface area (TPSA) is 85.0 Å². The number of nitrogens with one attached hydrogen (secondary N) is 1. The van der Waals surface area contributed by atoms with Crippen LogP contribution in [0.3, 0.4) is 0 Å². The summed E-state index contributed by atoms with van der Waals surface area (Å²) in [7, 11) is 0. The number of nitrogens with two attached hydrogens (primary N) is 1. The van der Waals surface area contributed by atoms with E-state index >= 15 is 0 Å². The molecule has 0 saturated carbocycles. The van der Waals surface area contributed by atoms with E-state index < -0.39 is 17.8 Å². The Morgan fingerprint density at radius 3 is 2.62 bits per heavy atom. The monoisotopic (exact) mass is 319 g/mol. The number of primary amides is 1. The first-order valence-corrected chi connectivity index (χ1v) is 5.96. The summed E-state index contributed by atoms with van der Waals surface area (Å²) in [6, 6.07) is 3.14. The van der Waals surface area contributed by atoms with Crippen molar-refractivity contribution >= 4 is 17.5 Å². The lowest BCUT2D eigenvalue weighted by atomic mass is 10.2. The summed E-state index contributed by atoms with van der Waals surface area (Å²) in [6.07, 6.45) is -3.29. The van der Waals surface area contributed by atoms with Crippen molar-refractivity contribution in [2.45, 2.75) is 12.7 Å². The van der Waals surface area contributed by atoms with Crippen LogP contribution < -0.4 is 11.2 Å². The molecule has 0 atom stereocenters. The smallest absolute Gasteiger partial charge is 0.449 e. The SMILES string of the molecule is N=c1c(C(N)=O)cc(Cl)cn1Cc1ccc(C(F)(F)F)o1. The highest BCUT2D eigenvalue weighted by atomic mass is 35.5. The number of hydrogen-bond donors (Lipinski definition) is 2. The van der Waals surface area contributed by atoms with Crippen LogP contribution in [-0.4, -0.2) is 10.5 Å². The second-order valence-corrected chi connectivity index (χ2v) is 4.61. The summed E-state index contributed by atoms with van der Waals surface area (Å²) in [5, 5.41) is 7.92. The van der Waals surface area contributed by atoms with Crippen LogP contribution >= 0.6 is 11.6 Å². The highest BCUT2D eigenvalue weighted by molar-refractivity contribution is 6.30. The molecule has 0 bridgehead atoms. The maximum atomic E-state index is 12.4. The van der Waals surface area contributed by atoms with Crippen molar-refractivity contribution in [3.05, 3.63) is 52.0 Å². The highest BCUT2D eigenvalue weighted by Gasteiger charge is 2.34. The third-order valence-electron chi connectivity index (χ3n) is 2.64. The standard InChI is InChI=1S/C12H9ClF3N3O2/c13-6-3-8(11(18)20)10(17)19(4-6)5-7-1-2-9(21-7)12(14,15)16/h1-4,17H,5H2,(H2,18,20). The van der Waals surface area contributed by atoms with Crippen LogP contribution in [0.25, 0.3) is 0 Å². The quantitative estimate of drug-likeness (QED) is 0.910. The molecular weight excluding hydrogens is 311 g/mol. The predicted molar refractivity (Wildman–Crippen MR) is 66.6 cm³/mol. The molecule has 0 aromatic carbocycles. The molecule has 112 valence electrons. The molecule has 5 nitrogen and oxygen atoms in total. The van der Waals surface area contributed by atoms with Gasteiger partial charge in [0.1, 0.15) is 11.2 Å². The van der Waals surface area contributed by atoms with Crippen LogP contribution in [0.2, 0.25) is 5.02 Å². The minimum Gasteiger partial charge on any atom is -0.455 e. The lowest BCUT2D eigenvalue weighted by Gasteiger charge is -2.08. The van der Waals surface area contributed by atoms with Gasteiger partial charge in [0.2, 0.25) is 5.76 Å². The summed E-state index contributed by atoms with van der Waals surface area (Å²) >= 11 is 5.79. The van der Waals surface area contributed by atoms with Gasteiger partial charge in [-0.1, -0.05) is 11.6 Å². The summed E-state index contributed by atoms with van der Waals surface area (Å²) in [6.45, 7) is -0.185.